The van der Waals surface area contributed by atoms with E-state index >= 15 is 0 Å². The number of hydrogen-bond donors (Lipinski definition) is 2. The highest BCUT2D eigenvalue weighted by molar-refractivity contribution is 6.37. The van der Waals surface area contributed by atoms with E-state index in [2.05, 4.69) is 5.32 Å². The summed E-state index contributed by atoms with van der Waals surface area (Å²) in [4.78, 5) is 22.4. The minimum atomic E-state index is -0.605. The molecule has 6 nitrogen and oxygen atoms in total. The third-order valence-corrected chi connectivity index (χ3v) is 3.65. The SMILES string of the molecule is NC(=O)CNC(=O)c1ccc(OCCOc2c(Cl)cccc2Cl)cc1. The molecule has 0 bridgehead atoms. The van der Waals surface area contributed by atoms with Crippen molar-refractivity contribution in [2.75, 3.05) is 19.8 Å². The molecule has 0 heterocycles. The molecule has 2 aromatic carbocycles. The first-order chi connectivity index (χ1) is 12.0. The zero-order valence-electron chi connectivity index (χ0n) is 13.1. The van der Waals surface area contributed by atoms with Gasteiger partial charge in [0.25, 0.3) is 5.91 Å². The van der Waals surface area contributed by atoms with Crippen molar-refractivity contribution in [3.05, 3.63) is 58.1 Å². The number of hydrogen-bond acceptors (Lipinski definition) is 4. The molecule has 0 spiro atoms. The van der Waals surface area contributed by atoms with Gasteiger partial charge in [0.1, 0.15) is 19.0 Å². The number of benzene rings is 2. The monoisotopic (exact) mass is 382 g/mol. The Hall–Kier alpha value is -2.44. The first-order valence-electron chi connectivity index (χ1n) is 7.33. The Morgan fingerprint density at radius 1 is 0.960 bits per heavy atom. The number of carbonyl (C=O) groups is 2. The van der Waals surface area contributed by atoms with Gasteiger partial charge < -0.3 is 20.5 Å². The van der Waals surface area contributed by atoms with Crippen molar-refractivity contribution < 1.29 is 19.1 Å². The Labute approximate surface area is 154 Å². The van der Waals surface area contributed by atoms with Crippen molar-refractivity contribution >= 4 is 35.0 Å². The number of ether oxygens (including phenoxy) is 2. The standard InChI is InChI=1S/C17H16Cl2N2O4/c18-13-2-1-3-14(19)16(13)25-9-8-24-12-6-4-11(5-7-12)17(23)21-10-15(20)22/h1-7H,8-10H2,(H2,20,22)(H,21,23). The number of nitrogens with one attached hydrogen (secondary N) is 1. The van der Waals surface area contributed by atoms with Crippen molar-refractivity contribution in [3.8, 4) is 11.5 Å². The number of amides is 2. The quantitative estimate of drug-likeness (QED) is 0.686. The lowest BCUT2D eigenvalue weighted by atomic mass is 10.2. The smallest absolute Gasteiger partial charge is 0.251 e. The van der Waals surface area contributed by atoms with Gasteiger partial charge in [0.2, 0.25) is 5.91 Å². The van der Waals surface area contributed by atoms with E-state index in [-0.39, 0.29) is 25.7 Å². The van der Waals surface area contributed by atoms with Crippen LogP contribution in [0.3, 0.4) is 0 Å². The van der Waals surface area contributed by atoms with Crippen LogP contribution in [-0.4, -0.2) is 31.6 Å². The minimum absolute atomic E-state index is 0.209. The molecule has 132 valence electrons. The van der Waals surface area contributed by atoms with E-state index in [1.165, 1.54) is 0 Å². The zero-order chi connectivity index (χ0) is 18.2. The molecule has 3 N–H and O–H groups in total. The maximum atomic E-state index is 11.7. The molecule has 0 saturated heterocycles. The van der Waals surface area contributed by atoms with E-state index in [1.54, 1.807) is 42.5 Å². The molecule has 2 aromatic rings. The minimum Gasteiger partial charge on any atom is -0.490 e. The summed E-state index contributed by atoms with van der Waals surface area (Å²) in [7, 11) is 0. The van der Waals surface area contributed by atoms with Crippen LogP contribution in [0.2, 0.25) is 10.0 Å². The van der Waals surface area contributed by atoms with Gasteiger partial charge in [0.15, 0.2) is 5.75 Å². The maximum absolute atomic E-state index is 11.7. The molecule has 0 radical (unpaired) electrons. The molecule has 8 heteroatoms. The Balaban J connectivity index is 1.80. The van der Waals surface area contributed by atoms with Gasteiger partial charge in [-0.05, 0) is 36.4 Å². The first-order valence-corrected chi connectivity index (χ1v) is 8.09. The summed E-state index contributed by atoms with van der Waals surface area (Å²) in [6, 6.07) is 11.5. The molecule has 0 saturated carbocycles. The van der Waals surface area contributed by atoms with Gasteiger partial charge in [-0.2, -0.15) is 0 Å². The van der Waals surface area contributed by atoms with Crippen molar-refractivity contribution in [1.29, 1.82) is 0 Å². The molecule has 0 fully saturated rings. The van der Waals surface area contributed by atoms with Gasteiger partial charge in [0.05, 0.1) is 16.6 Å². The molecule has 0 atom stereocenters. The molecule has 0 aliphatic heterocycles. The van der Waals surface area contributed by atoms with E-state index in [4.69, 9.17) is 38.4 Å². The fourth-order valence-electron chi connectivity index (χ4n) is 1.90. The Kier molecular flexibility index (Phi) is 6.91. The van der Waals surface area contributed by atoms with Crippen molar-refractivity contribution in [2.24, 2.45) is 5.73 Å². The second kappa shape index (κ2) is 9.15. The van der Waals surface area contributed by atoms with Crippen molar-refractivity contribution in [1.82, 2.24) is 5.32 Å². The van der Waals surface area contributed by atoms with Gasteiger partial charge in [-0.1, -0.05) is 29.3 Å². The number of carbonyl (C=O) groups excluding carboxylic acids is 2. The highest BCUT2D eigenvalue weighted by atomic mass is 35.5. The number of para-hydroxylation sites is 1. The van der Waals surface area contributed by atoms with Crippen LogP contribution in [0.5, 0.6) is 11.5 Å². The highest BCUT2D eigenvalue weighted by Crippen LogP contribution is 2.32. The van der Waals surface area contributed by atoms with Crippen LogP contribution >= 0.6 is 23.2 Å². The number of primary amides is 1. The molecule has 0 aliphatic carbocycles. The third-order valence-electron chi connectivity index (χ3n) is 3.06. The zero-order valence-corrected chi connectivity index (χ0v) is 14.6. The second-order valence-corrected chi connectivity index (χ2v) is 5.74. The highest BCUT2D eigenvalue weighted by Gasteiger charge is 2.08. The molecular formula is C17H16Cl2N2O4. The maximum Gasteiger partial charge on any atom is 0.251 e. The summed E-state index contributed by atoms with van der Waals surface area (Å²) >= 11 is 12.0. The first kappa shape index (κ1) is 18.9. The van der Waals surface area contributed by atoms with E-state index in [1.807, 2.05) is 0 Å². The average molecular weight is 383 g/mol. The van der Waals surface area contributed by atoms with Crippen molar-refractivity contribution in [3.63, 3.8) is 0 Å². The fourth-order valence-corrected chi connectivity index (χ4v) is 2.40. The molecule has 0 aromatic heterocycles. The number of nitrogens with two attached hydrogens (primary N) is 1. The van der Waals surface area contributed by atoms with Gasteiger partial charge in [-0.25, -0.2) is 0 Å². The lowest BCUT2D eigenvalue weighted by molar-refractivity contribution is -0.117. The van der Waals surface area contributed by atoms with Crippen LogP contribution in [0, 0.1) is 0 Å². The Morgan fingerprint density at radius 3 is 2.16 bits per heavy atom. The van der Waals surface area contributed by atoms with Gasteiger partial charge in [-0.3, -0.25) is 9.59 Å². The third kappa shape index (κ3) is 5.85. The van der Waals surface area contributed by atoms with Crippen LogP contribution in [0.1, 0.15) is 10.4 Å². The van der Waals surface area contributed by atoms with Gasteiger partial charge in [-0.15, -0.1) is 0 Å². The average Bonchev–Trinajstić information content (AvgIpc) is 2.59. The van der Waals surface area contributed by atoms with Crippen LogP contribution < -0.4 is 20.5 Å². The van der Waals surface area contributed by atoms with Gasteiger partial charge >= 0.3 is 0 Å². The topological polar surface area (TPSA) is 90.7 Å². The Bertz CT molecular complexity index is 731. The fraction of sp³-hybridized carbons (Fsp3) is 0.176. The molecule has 2 amide bonds. The van der Waals surface area contributed by atoms with Crippen LogP contribution in [0.15, 0.2) is 42.5 Å². The number of rotatable bonds is 8. The molecular weight excluding hydrogens is 367 g/mol. The summed E-state index contributed by atoms with van der Waals surface area (Å²) in [5.41, 5.74) is 5.37. The predicted octanol–water partition coefficient (Wildman–Crippen LogP) is 2.67. The summed E-state index contributed by atoms with van der Waals surface area (Å²) in [5.74, 6) is -0.00909. The van der Waals surface area contributed by atoms with Crippen LogP contribution in [0.4, 0.5) is 0 Å². The van der Waals surface area contributed by atoms with E-state index < -0.39 is 5.91 Å². The van der Waals surface area contributed by atoms with E-state index in [9.17, 15) is 9.59 Å². The summed E-state index contributed by atoms with van der Waals surface area (Å²) in [6.07, 6.45) is 0. The lowest BCUT2D eigenvalue weighted by Crippen LogP contribution is -2.33. The second-order valence-electron chi connectivity index (χ2n) is 4.92. The van der Waals surface area contributed by atoms with E-state index in [0.717, 1.165) is 0 Å². The van der Waals surface area contributed by atoms with Crippen molar-refractivity contribution in [2.45, 2.75) is 0 Å². The molecule has 25 heavy (non-hydrogen) atoms. The largest absolute Gasteiger partial charge is 0.490 e. The van der Waals surface area contributed by atoms with E-state index in [0.29, 0.717) is 27.1 Å². The summed E-state index contributed by atoms with van der Waals surface area (Å²) in [5, 5.41) is 3.26. The molecule has 0 unspecified atom stereocenters. The predicted molar refractivity (Wildman–Crippen MR) is 95.4 cm³/mol. The lowest BCUT2D eigenvalue weighted by Gasteiger charge is -2.11. The normalized spacial score (nSPS) is 10.2. The van der Waals surface area contributed by atoms with Gasteiger partial charge in [0, 0.05) is 5.56 Å². The Morgan fingerprint density at radius 2 is 1.56 bits per heavy atom. The summed E-state index contributed by atoms with van der Waals surface area (Å²) < 4.78 is 11.0. The number of halogens is 2. The van der Waals surface area contributed by atoms with Crippen LogP contribution in [-0.2, 0) is 4.79 Å². The molecule has 0 aliphatic rings. The summed E-state index contributed by atoms with van der Waals surface area (Å²) in [6.45, 7) is 0.318. The molecule has 2 rings (SSSR count). The van der Waals surface area contributed by atoms with Crippen LogP contribution in [0.25, 0.3) is 0 Å².